The second-order valence-corrected chi connectivity index (χ2v) is 6.83. The summed E-state index contributed by atoms with van der Waals surface area (Å²) in [6.07, 6.45) is 2.96. The third-order valence-corrected chi connectivity index (χ3v) is 4.56. The van der Waals surface area contributed by atoms with Crippen molar-refractivity contribution in [2.24, 2.45) is 0 Å². The van der Waals surface area contributed by atoms with Crippen LogP contribution in [0.5, 0.6) is 0 Å². The summed E-state index contributed by atoms with van der Waals surface area (Å²) < 4.78 is 28.4. The molecule has 10 heteroatoms. The van der Waals surface area contributed by atoms with E-state index in [4.69, 9.17) is 11.5 Å². The minimum atomic E-state index is -0.806. The zero-order chi connectivity index (χ0) is 22.8. The van der Waals surface area contributed by atoms with Crippen LogP contribution in [0.25, 0.3) is 22.5 Å². The highest BCUT2D eigenvalue weighted by atomic mass is 19.1. The van der Waals surface area contributed by atoms with Crippen LogP contribution >= 0.6 is 0 Å². The fourth-order valence-corrected chi connectivity index (χ4v) is 3.16. The van der Waals surface area contributed by atoms with Gasteiger partial charge >= 0.3 is 0 Å². The van der Waals surface area contributed by atoms with Crippen LogP contribution in [-0.4, -0.2) is 25.8 Å². The standard InChI is InChI=1S/C22H17F2N7O/c1-11-28-17(9-19(26)29-11)12-7-8-27-10-18(12)31-22(32)21-15(25)5-6-16(30-21)20-13(23)3-2-4-14(20)24/h2-10H,25H2,1H3,(H,31,32)(H2,26,28,29). The van der Waals surface area contributed by atoms with Gasteiger partial charge in [0.2, 0.25) is 0 Å². The highest BCUT2D eigenvalue weighted by Gasteiger charge is 2.19. The third-order valence-electron chi connectivity index (χ3n) is 4.56. The lowest BCUT2D eigenvalue weighted by atomic mass is 10.1. The predicted molar refractivity (Wildman–Crippen MR) is 116 cm³/mol. The van der Waals surface area contributed by atoms with Gasteiger partial charge in [0.1, 0.15) is 23.3 Å². The van der Waals surface area contributed by atoms with Crippen molar-refractivity contribution in [1.82, 2.24) is 19.9 Å². The van der Waals surface area contributed by atoms with Gasteiger partial charge in [-0.3, -0.25) is 9.78 Å². The largest absolute Gasteiger partial charge is 0.397 e. The molecular formula is C22H17F2N7O. The SMILES string of the molecule is Cc1nc(N)cc(-c2ccncc2NC(=O)c2nc(-c3c(F)cccc3F)ccc2N)n1. The summed E-state index contributed by atoms with van der Waals surface area (Å²) in [6.45, 7) is 1.69. The summed E-state index contributed by atoms with van der Waals surface area (Å²) >= 11 is 0. The Morgan fingerprint density at radius 3 is 2.44 bits per heavy atom. The van der Waals surface area contributed by atoms with E-state index in [0.717, 1.165) is 12.1 Å². The third kappa shape index (κ3) is 4.06. The second kappa shape index (κ2) is 8.34. The second-order valence-electron chi connectivity index (χ2n) is 6.83. The molecule has 0 spiro atoms. The van der Waals surface area contributed by atoms with Gasteiger partial charge in [-0.05, 0) is 37.3 Å². The van der Waals surface area contributed by atoms with Crippen LogP contribution in [0.15, 0.2) is 54.9 Å². The summed E-state index contributed by atoms with van der Waals surface area (Å²) in [6, 6.07) is 9.37. The number of rotatable bonds is 4. The number of carbonyl (C=O) groups excluding carboxylic acids is 1. The molecule has 3 heterocycles. The molecule has 4 aromatic rings. The van der Waals surface area contributed by atoms with Crippen molar-refractivity contribution in [3.63, 3.8) is 0 Å². The number of carbonyl (C=O) groups is 1. The number of nitrogens with zero attached hydrogens (tertiary/aromatic N) is 4. The van der Waals surface area contributed by atoms with Crippen LogP contribution in [-0.2, 0) is 0 Å². The number of halogens is 2. The Morgan fingerprint density at radius 2 is 1.72 bits per heavy atom. The number of anilines is 3. The van der Waals surface area contributed by atoms with Crippen LogP contribution in [0, 0.1) is 18.6 Å². The number of pyridine rings is 2. The zero-order valence-corrected chi connectivity index (χ0v) is 16.8. The monoisotopic (exact) mass is 433 g/mol. The molecule has 0 radical (unpaired) electrons. The minimum Gasteiger partial charge on any atom is -0.397 e. The van der Waals surface area contributed by atoms with Crippen molar-refractivity contribution in [3.8, 4) is 22.5 Å². The molecule has 0 unspecified atom stereocenters. The molecule has 3 aromatic heterocycles. The van der Waals surface area contributed by atoms with E-state index in [1.165, 1.54) is 30.6 Å². The highest BCUT2D eigenvalue weighted by Crippen LogP contribution is 2.29. The molecule has 1 amide bonds. The van der Waals surface area contributed by atoms with Gasteiger partial charge in [0.15, 0.2) is 5.69 Å². The quantitative estimate of drug-likeness (QED) is 0.448. The van der Waals surface area contributed by atoms with Crippen molar-refractivity contribution in [2.45, 2.75) is 6.92 Å². The fourth-order valence-electron chi connectivity index (χ4n) is 3.16. The summed E-state index contributed by atoms with van der Waals surface area (Å²) in [5.74, 6) is -1.57. The molecule has 32 heavy (non-hydrogen) atoms. The molecule has 8 nitrogen and oxygen atoms in total. The van der Waals surface area contributed by atoms with Gasteiger partial charge in [-0.1, -0.05) is 6.07 Å². The number of aromatic nitrogens is 4. The van der Waals surface area contributed by atoms with Gasteiger partial charge in [-0.25, -0.2) is 23.7 Å². The molecule has 0 fully saturated rings. The molecule has 0 aliphatic carbocycles. The minimum absolute atomic E-state index is 0.0376. The van der Waals surface area contributed by atoms with Crippen molar-refractivity contribution in [2.75, 3.05) is 16.8 Å². The van der Waals surface area contributed by atoms with E-state index < -0.39 is 17.5 Å². The predicted octanol–water partition coefficient (Wildman–Crippen LogP) is 3.60. The fraction of sp³-hybridized carbons (Fsp3) is 0.0455. The molecule has 1 aromatic carbocycles. The molecule has 0 atom stereocenters. The van der Waals surface area contributed by atoms with Crippen molar-refractivity contribution in [3.05, 3.63) is 78.0 Å². The van der Waals surface area contributed by atoms with E-state index in [9.17, 15) is 13.6 Å². The topological polar surface area (TPSA) is 133 Å². The van der Waals surface area contributed by atoms with Crippen molar-refractivity contribution >= 4 is 23.1 Å². The van der Waals surface area contributed by atoms with E-state index in [2.05, 4.69) is 25.3 Å². The number of benzene rings is 1. The Morgan fingerprint density at radius 1 is 0.969 bits per heavy atom. The number of nitrogens with two attached hydrogens (primary N) is 2. The van der Waals surface area contributed by atoms with Crippen LogP contribution < -0.4 is 16.8 Å². The van der Waals surface area contributed by atoms with Gasteiger partial charge in [0, 0.05) is 17.8 Å². The van der Waals surface area contributed by atoms with E-state index in [-0.39, 0.29) is 28.5 Å². The molecular weight excluding hydrogens is 416 g/mol. The first-order chi connectivity index (χ1) is 15.3. The lowest BCUT2D eigenvalue weighted by Crippen LogP contribution is -2.17. The van der Waals surface area contributed by atoms with Crippen LogP contribution in [0.3, 0.4) is 0 Å². The average molecular weight is 433 g/mol. The first kappa shape index (κ1) is 20.8. The average Bonchev–Trinajstić information content (AvgIpc) is 2.74. The van der Waals surface area contributed by atoms with Crippen molar-refractivity contribution < 1.29 is 13.6 Å². The van der Waals surface area contributed by atoms with Crippen LogP contribution in [0.4, 0.5) is 26.0 Å². The van der Waals surface area contributed by atoms with Gasteiger partial charge in [-0.15, -0.1) is 0 Å². The van der Waals surface area contributed by atoms with Crippen molar-refractivity contribution in [1.29, 1.82) is 0 Å². The molecule has 0 aliphatic rings. The zero-order valence-electron chi connectivity index (χ0n) is 16.8. The molecule has 5 N–H and O–H groups in total. The number of hydrogen-bond acceptors (Lipinski definition) is 7. The number of aryl methyl sites for hydroxylation is 1. The first-order valence-electron chi connectivity index (χ1n) is 9.41. The highest BCUT2D eigenvalue weighted by molar-refractivity contribution is 6.08. The number of amides is 1. The van der Waals surface area contributed by atoms with Gasteiger partial charge in [-0.2, -0.15) is 0 Å². The van der Waals surface area contributed by atoms with E-state index in [1.54, 1.807) is 19.1 Å². The molecule has 0 saturated heterocycles. The Hall–Kier alpha value is -4.47. The Kier molecular flexibility index (Phi) is 5.42. The maximum atomic E-state index is 14.2. The van der Waals surface area contributed by atoms with Gasteiger partial charge in [0.05, 0.1) is 34.5 Å². The first-order valence-corrected chi connectivity index (χ1v) is 9.41. The van der Waals surface area contributed by atoms with Crippen LogP contribution in [0.2, 0.25) is 0 Å². The van der Waals surface area contributed by atoms with E-state index >= 15 is 0 Å². The summed E-state index contributed by atoms with van der Waals surface area (Å²) in [7, 11) is 0. The molecule has 0 aliphatic heterocycles. The molecule has 160 valence electrons. The summed E-state index contributed by atoms with van der Waals surface area (Å²) in [4.78, 5) is 29.5. The summed E-state index contributed by atoms with van der Waals surface area (Å²) in [5, 5.41) is 2.68. The molecule has 4 rings (SSSR count). The van der Waals surface area contributed by atoms with E-state index in [0.29, 0.717) is 22.8 Å². The van der Waals surface area contributed by atoms with E-state index in [1.807, 2.05) is 0 Å². The smallest absolute Gasteiger partial charge is 0.276 e. The number of nitrogen functional groups attached to an aromatic ring is 2. The Labute approximate surface area is 181 Å². The molecule has 0 saturated carbocycles. The number of nitrogens with one attached hydrogen (secondary N) is 1. The maximum absolute atomic E-state index is 14.2. The maximum Gasteiger partial charge on any atom is 0.276 e. The lowest BCUT2D eigenvalue weighted by molar-refractivity contribution is 0.102. The van der Waals surface area contributed by atoms with Gasteiger partial charge in [0.25, 0.3) is 5.91 Å². The number of hydrogen-bond donors (Lipinski definition) is 3. The Bertz CT molecular complexity index is 1300. The van der Waals surface area contributed by atoms with Crippen LogP contribution in [0.1, 0.15) is 16.3 Å². The summed E-state index contributed by atoms with van der Waals surface area (Å²) in [5.41, 5.74) is 12.5. The van der Waals surface area contributed by atoms with Gasteiger partial charge < -0.3 is 16.8 Å². The normalized spacial score (nSPS) is 10.7. The lowest BCUT2D eigenvalue weighted by Gasteiger charge is -2.13. The molecule has 0 bridgehead atoms. The Balaban J connectivity index is 1.72.